The van der Waals surface area contributed by atoms with E-state index in [0.717, 1.165) is 5.56 Å². The highest BCUT2D eigenvalue weighted by molar-refractivity contribution is 7.80. The summed E-state index contributed by atoms with van der Waals surface area (Å²) in [5.41, 5.74) is 9.17. The van der Waals surface area contributed by atoms with Crippen LogP contribution in [0.5, 0.6) is 0 Å². The largest absolute Gasteiger partial charge is 0.375 e. The molecular weight excluding hydrogens is 201 g/mol. The molecule has 0 aliphatic carbocycles. The summed E-state index contributed by atoms with van der Waals surface area (Å²) in [5.74, 6) is -0.299. The highest BCUT2D eigenvalue weighted by Gasteiger charge is 1.96. The van der Waals surface area contributed by atoms with E-state index in [4.69, 9.17) is 5.73 Å². The molecule has 0 radical (unpaired) electrons. The highest BCUT2D eigenvalue weighted by Crippen LogP contribution is 2.07. The second-order valence-corrected chi connectivity index (χ2v) is 3.17. The Morgan fingerprint density at radius 3 is 3.00 bits per heavy atom. The van der Waals surface area contributed by atoms with Gasteiger partial charge in [0, 0.05) is 5.56 Å². The van der Waals surface area contributed by atoms with Gasteiger partial charge in [-0.15, -0.1) is 0 Å². The van der Waals surface area contributed by atoms with Crippen LogP contribution in [0.2, 0.25) is 0 Å². The van der Waals surface area contributed by atoms with Crippen molar-refractivity contribution >= 4 is 23.5 Å². The van der Waals surface area contributed by atoms with Crippen LogP contribution in [-0.2, 0) is 0 Å². The number of halogens is 1. The van der Waals surface area contributed by atoms with Crippen LogP contribution < -0.4 is 11.2 Å². The normalized spacial score (nSPS) is 10.4. The van der Waals surface area contributed by atoms with Gasteiger partial charge in [0.15, 0.2) is 5.11 Å². The maximum Gasteiger partial charge on any atom is 0.184 e. The predicted molar refractivity (Wildman–Crippen MR) is 58.7 cm³/mol. The number of aryl methyl sites for hydroxylation is 1. The van der Waals surface area contributed by atoms with Crippen molar-refractivity contribution in [2.75, 3.05) is 0 Å². The summed E-state index contributed by atoms with van der Waals surface area (Å²) in [6.45, 7) is 1.86. The van der Waals surface area contributed by atoms with Gasteiger partial charge in [0.05, 0.1) is 6.21 Å². The van der Waals surface area contributed by atoms with Gasteiger partial charge in [0.1, 0.15) is 5.82 Å². The van der Waals surface area contributed by atoms with Crippen molar-refractivity contribution in [3.05, 3.63) is 35.1 Å². The van der Waals surface area contributed by atoms with Crippen molar-refractivity contribution in [2.45, 2.75) is 6.92 Å². The zero-order valence-electron chi connectivity index (χ0n) is 7.62. The smallest absolute Gasteiger partial charge is 0.184 e. The summed E-state index contributed by atoms with van der Waals surface area (Å²) in [7, 11) is 0. The van der Waals surface area contributed by atoms with Crippen LogP contribution in [0.3, 0.4) is 0 Å². The van der Waals surface area contributed by atoms with Crippen molar-refractivity contribution in [1.82, 2.24) is 5.43 Å². The van der Waals surface area contributed by atoms with Crippen LogP contribution in [0.25, 0.3) is 0 Å². The highest BCUT2D eigenvalue weighted by atomic mass is 32.1. The summed E-state index contributed by atoms with van der Waals surface area (Å²) in [4.78, 5) is 0. The van der Waals surface area contributed by atoms with E-state index >= 15 is 0 Å². The molecule has 14 heavy (non-hydrogen) atoms. The number of hydrogen-bond donors (Lipinski definition) is 2. The summed E-state index contributed by atoms with van der Waals surface area (Å²) in [5, 5.41) is 3.81. The van der Waals surface area contributed by atoms with Crippen LogP contribution in [-0.4, -0.2) is 11.3 Å². The summed E-state index contributed by atoms with van der Waals surface area (Å²) < 4.78 is 12.8. The zero-order valence-corrected chi connectivity index (χ0v) is 8.44. The fourth-order valence-corrected chi connectivity index (χ4v) is 0.969. The Morgan fingerprint density at radius 1 is 1.64 bits per heavy atom. The van der Waals surface area contributed by atoms with Gasteiger partial charge in [0.2, 0.25) is 0 Å². The fourth-order valence-electron chi connectivity index (χ4n) is 0.916. The first-order valence-electron chi connectivity index (χ1n) is 3.94. The molecule has 1 aromatic rings. The van der Waals surface area contributed by atoms with E-state index in [0.29, 0.717) is 5.56 Å². The standard InChI is InChI=1S/C9H10FN3S/c1-6-2-3-8(10)4-7(6)5-12-13-9(11)14/h2-5H,1H3,(H3,11,13,14). The van der Waals surface area contributed by atoms with Crippen molar-refractivity contribution in [3.8, 4) is 0 Å². The molecule has 0 fully saturated rings. The number of rotatable bonds is 2. The number of nitrogens with two attached hydrogens (primary N) is 1. The van der Waals surface area contributed by atoms with E-state index in [1.807, 2.05) is 6.92 Å². The van der Waals surface area contributed by atoms with E-state index < -0.39 is 0 Å². The Morgan fingerprint density at radius 2 is 2.36 bits per heavy atom. The quantitative estimate of drug-likeness (QED) is 0.440. The number of hydrazone groups is 1. The molecule has 0 spiro atoms. The molecule has 0 aromatic heterocycles. The Hall–Kier alpha value is -1.49. The molecule has 0 aliphatic rings. The minimum Gasteiger partial charge on any atom is -0.375 e. The van der Waals surface area contributed by atoms with Crippen LogP contribution >= 0.6 is 12.2 Å². The van der Waals surface area contributed by atoms with Gasteiger partial charge >= 0.3 is 0 Å². The molecule has 74 valence electrons. The molecule has 0 aliphatic heterocycles. The molecule has 3 nitrogen and oxygen atoms in total. The minimum absolute atomic E-state index is 0.0790. The van der Waals surface area contributed by atoms with E-state index in [2.05, 4.69) is 22.7 Å². The Bertz CT molecular complexity index is 376. The molecule has 0 bridgehead atoms. The molecule has 0 atom stereocenters. The van der Waals surface area contributed by atoms with Crippen molar-refractivity contribution in [1.29, 1.82) is 0 Å². The number of benzene rings is 1. The topological polar surface area (TPSA) is 50.4 Å². The van der Waals surface area contributed by atoms with Crippen LogP contribution in [0.4, 0.5) is 4.39 Å². The van der Waals surface area contributed by atoms with E-state index in [1.165, 1.54) is 18.3 Å². The molecule has 0 saturated carbocycles. The Labute approximate surface area is 86.8 Å². The molecule has 0 unspecified atom stereocenters. The Kier molecular flexibility index (Phi) is 3.53. The van der Waals surface area contributed by atoms with Gasteiger partial charge in [-0.05, 0) is 36.8 Å². The fraction of sp³-hybridized carbons (Fsp3) is 0.111. The Balaban J connectivity index is 2.80. The van der Waals surface area contributed by atoms with E-state index in [-0.39, 0.29) is 10.9 Å². The van der Waals surface area contributed by atoms with Crippen LogP contribution in [0, 0.1) is 12.7 Å². The third kappa shape index (κ3) is 3.10. The second kappa shape index (κ2) is 4.66. The van der Waals surface area contributed by atoms with E-state index in [1.54, 1.807) is 6.07 Å². The van der Waals surface area contributed by atoms with Gasteiger partial charge < -0.3 is 5.73 Å². The lowest BCUT2D eigenvalue weighted by atomic mass is 10.1. The maximum atomic E-state index is 12.8. The minimum atomic E-state index is -0.299. The first kappa shape index (κ1) is 10.6. The number of nitrogens with zero attached hydrogens (tertiary/aromatic N) is 1. The van der Waals surface area contributed by atoms with E-state index in [9.17, 15) is 4.39 Å². The van der Waals surface area contributed by atoms with Crippen molar-refractivity contribution in [2.24, 2.45) is 10.8 Å². The first-order chi connectivity index (χ1) is 6.59. The lowest BCUT2D eigenvalue weighted by molar-refractivity contribution is 0.627. The molecular formula is C9H10FN3S. The summed E-state index contributed by atoms with van der Waals surface area (Å²) in [6, 6.07) is 4.46. The molecule has 0 amide bonds. The van der Waals surface area contributed by atoms with Gasteiger partial charge in [-0.2, -0.15) is 5.10 Å². The third-order valence-corrected chi connectivity index (χ3v) is 1.71. The van der Waals surface area contributed by atoms with Crippen LogP contribution in [0.15, 0.2) is 23.3 Å². The van der Waals surface area contributed by atoms with Gasteiger partial charge in [-0.1, -0.05) is 6.07 Å². The molecule has 5 heteroatoms. The van der Waals surface area contributed by atoms with Gasteiger partial charge in [0.25, 0.3) is 0 Å². The van der Waals surface area contributed by atoms with Crippen molar-refractivity contribution < 1.29 is 4.39 Å². The van der Waals surface area contributed by atoms with Gasteiger partial charge in [-0.3, -0.25) is 5.43 Å². The monoisotopic (exact) mass is 211 g/mol. The molecule has 1 aromatic carbocycles. The first-order valence-corrected chi connectivity index (χ1v) is 4.35. The summed E-state index contributed by atoms with van der Waals surface area (Å²) in [6.07, 6.45) is 1.47. The molecule has 0 heterocycles. The number of nitrogens with one attached hydrogen (secondary N) is 1. The summed E-state index contributed by atoms with van der Waals surface area (Å²) >= 11 is 4.55. The lowest BCUT2D eigenvalue weighted by Crippen LogP contribution is -2.24. The maximum absolute atomic E-state index is 12.8. The number of hydrogen-bond acceptors (Lipinski definition) is 2. The second-order valence-electron chi connectivity index (χ2n) is 2.74. The average Bonchev–Trinajstić information content (AvgIpc) is 2.10. The molecule has 3 N–H and O–H groups in total. The molecule has 1 rings (SSSR count). The zero-order chi connectivity index (χ0) is 10.6. The van der Waals surface area contributed by atoms with Crippen LogP contribution in [0.1, 0.15) is 11.1 Å². The molecule has 0 saturated heterocycles. The van der Waals surface area contributed by atoms with Gasteiger partial charge in [-0.25, -0.2) is 4.39 Å². The predicted octanol–water partition coefficient (Wildman–Crippen LogP) is 1.30. The average molecular weight is 211 g/mol. The third-order valence-electron chi connectivity index (χ3n) is 1.62. The number of thiocarbonyl (C=S) groups is 1. The SMILES string of the molecule is Cc1ccc(F)cc1C=NNC(N)=S. The van der Waals surface area contributed by atoms with Crippen molar-refractivity contribution in [3.63, 3.8) is 0 Å². The lowest BCUT2D eigenvalue weighted by Gasteiger charge is -1.99.